The molecule has 6 heteroatoms. The zero-order valence-corrected chi connectivity index (χ0v) is 9.60. The number of alkyl halides is 2. The molecule has 0 bridgehead atoms. The SMILES string of the molecule is Cn1cc(SC(F)F)c(=O)c2ccc(F)cc21. The van der Waals surface area contributed by atoms with Crippen molar-refractivity contribution in [3.05, 3.63) is 40.4 Å². The highest BCUT2D eigenvalue weighted by Gasteiger charge is 2.13. The second-order valence-electron chi connectivity index (χ2n) is 3.47. The molecule has 0 aliphatic heterocycles. The number of nitrogens with zero attached hydrogens (tertiary/aromatic N) is 1. The highest BCUT2D eigenvalue weighted by Crippen LogP contribution is 2.24. The Labute approximate surface area is 99.1 Å². The van der Waals surface area contributed by atoms with Crippen LogP contribution in [0.2, 0.25) is 0 Å². The maximum Gasteiger partial charge on any atom is 0.289 e. The molecule has 17 heavy (non-hydrogen) atoms. The van der Waals surface area contributed by atoms with Crippen LogP contribution in [0.4, 0.5) is 13.2 Å². The fourth-order valence-corrected chi connectivity index (χ4v) is 2.23. The van der Waals surface area contributed by atoms with Crippen LogP contribution in [-0.2, 0) is 7.05 Å². The lowest BCUT2D eigenvalue weighted by Crippen LogP contribution is -2.10. The van der Waals surface area contributed by atoms with Crippen molar-refractivity contribution in [3.8, 4) is 0 Å². The molecule has 0 amide bonds. The molecule has 90 valence electrons. The van der Waals surface area contributed by atoms with Gasteiger partial charge in [0.1, 0.15) is 5.82 Å². The number of rotatable bonds is 2. The largest absolute Gasteiger partial charge is 0.349 e. The molecule has 0 atom stereocenters. The van der Waals surface area contributed by atoms with Crippen molar-refractivity contribution < 1.29 is 13.2 Å². The summed E-state index contributed by atoms with van der Waals surface area (Å²) in [5.41, 5.74) is -0.114. The fraction of sp³-hybridized carbons (Fsp3) is 0.182. The first kappa shape index (κ1) is 12.0. The van der Waals surface area contributed by atoms with Crippen molar-refractivity contribution in [1.29, 1.82) is 0 Å². The van der Waals surface area contributed by atoms with Gasteiger partial charge < -0.3 is 4.57 Å². The highest BCUT2D eigenvalue weighted by molar-refractivity contribution is 7.99. The summed E-state index contributed by atoms with van der Waals surface area (Å²) in [6.07, 6.45) is 1.29. The minimum Gasteiger partial charge on any atom is -0.349 e. The summed E-state index contributed by atoms with van der Waals surface area (Å²) < 4.78 is 39.0. The quantitative estimate of drug-likeness (QED) is 0.773. The van der Waals surface area contributed by atoms with Crippen LogP contribution in [0.3, 0.4) is 0 Å². The van der Waals surface area contributed by atoms with E-state index in [1.165, 1.54) is 22.9 Å². The van der Waals surface area contributed by atoms with Crippen LogP contribution < -0.4 is 5.43 Å². The van der Waals surface area contributed by atoms with E-state index in [2.05, 4.69) is 0 Å². The number of hydrogen-bond donors (Lipinski definition) is 0. The van der Waals surface area contributed by atoms with Crippen molar-refractivity contribution in [1.82, 2.24) is 4.57 Å². The Kier molecular flexibility index (Phi) is 3.15. The molecule has 0 aliphatic carbocycles. The summed E-state index contributed by atoms with van der Waals surface area (Å²) in [5.74, 6) is -3.12. The standard InChI is InChI=1S/C11H8F3NOS/c1-15-5-9(17-11(13)14)10(16)7-3-2-6(12)4-8(7)15/h2-5,11H,1H3. The predicted molar refractivity (Wildman–Crippen MR) is 61.0 cm³/mol. The minimum absolute atomic E-state index is 0.0402. The second kappa shape index (κ2) is 4.44. The topological polar surface area (TPSA) is 22.0 Å². The normalized spacial score (nSPS) is 11.4. The molecule has 0 aliphatic rings. The number of fused-ring (bicyclic) bond motifs is 1. The van der Waals surface area contributed by atoms with Gasteiger partial charge in [-0.2, -0.15) is 8.78 Å². The Bertz CT molecular complexity index is 624. The van der Waals surface area contributed by atoms with Gasteiger partial charge in [-0.05, 0) is 30.0 Å². The van der Waals surface area contributed by atoms with Gasteiger partial charge in [-0.3, -0.25) is 4.79 Å². The Hall–Kier alpha value is -1.43. The molecular weight excluding hydrogens is 251 g/mol. The Morgan fingerprint density at radius 2 is 2.06 bits per heavy atom. The predicted octanol–water partition coefficient (Wildman–Crippen LogP) is 2.99. The van der Waals surface area contributed by atoms with Crippen molar-refractivity contribution in [2.75, 3.05) is 0 Å². The molecule has 0 radical (unpaired) electrons. The molecular formula is C11H8F3NOS. The average molecular weight is 259 g/mol. The summed E-state index contributed by atoms with van der Waals surface area (Å²) in [7, 11) is 1.58. The second-order valence-corrected chi connectivity index (χ2v) is 4.51. The van der Waals surface area contributed by atoms with Crippen molar-refractivity contribution in [3.63, 3.8) is 0 Å². The first-order valence-electron chi connectivity index (χ1n) is 4.73. The van der Waals surface area contributed by atoms with Gasteiger partial charge in [0.2, 0.25) is 5.43 Å². The lowest BCUT2D eigenvalue weighted by atomic mass is 10.2. The smallest absolute Gasteiger partial charge is 0.289 e. The van der Waals surface area contributed by atoms with Crippen LogP contribution in [0.25, 0.3) is 10.9 Å². The van der Waals surface area contributed by atoms with E-state index in [0.29, 0.717) is 5.52 Å². The van der Waals surface area contributed by atoms with E-state index in [-0.39, 0.29) is 22.0 Å². The van der Waals surface area contributed by atoms with Gasteiger partial charge in [0.15, 0.2) is 0 Å². The van der Waals surface area contributed by atoms with E-state index in [1.54, 1.807) is 7.05 Å². The van der Waals surface area contributed by atoms with E-state index < -0.39 is 17.0 Å². The number of aromatic nitrogens is 1. The molecule has 1 heterocycles. The van der Waals surface area contributed by atoms with Gasteiger partial charge in [-0.1, -0.05) is 0 Å². The van der Waals surface area contributed by atoms with E-state index >= 15 is 0 Å². The molecule has 0 N–H and O–H groups in total. The zero-order chi connectivity index (χ0) is 12.6. The summed E-state index contributed by atoms with van der Waals surface area (Å²) in [6, 6.07) is 3.65. The molecule has 0 fully saturated rings. The molecule has 0 unspecified atom stereocenters. The third-order valence-electron chi connectivity index (χ3n) is 2.34. The Morgan fingerprint density at radius 1 is 1.35 bits per heavy atom. The average Bonchev–Trinajstić information content (AvgIpc) is 2.25. The number of hydrogen-bond acceptors (Lipinski definition) is 2. The lowest BCUT2D eigenvalue weighted by Gasteiger charge is -2.08. The third-order valence-corrected chi connectivity index (χ3v) is 3.06. The Balaban J connectivity index is 2.72. The molecule has 0 spiro atoms. The lowest BCUT2D eigenvalue weighted by molar-refractivity contribution is 0.252. The first-order chi connectivity index (χ1) is 7.99. The zero-order valence-electron chi connectivity index (χ0n) is 8.78. The molecule has 1 aromatic carbocycles. The van der Waals surface area contributed by atoms with Crippen molar-refractivity contribution >= 4 is 22.7 Å². The van der Waals surface area contributed by atoms with Gasteiger partial charge in [0, 0.05) is 18.6 Å². The van der Waals surface area contributed by atoms with E-state index in [9.17, 15) is 18.0 Å². The van der Waals surface area contributed by atoms with Gasteiger partial charge in [-0.25, -0.2) is 4.39 Å². The van der Waals surface area contributed by atoms with Gasteiger partial charge in [0.25, 0.3) is 5.76 Å². The van der Waals surface area contributed by atoms with Crippen molar-refractivity contribution in [2.24, 2.45) is 7.05 Å². The monoisotopic (exact) mass is 259 g/mol. The summed E-state index contributed by atoms with van der Waals surface area (Å²) >= 11 is 0.198. The first-order valence-corrected chi connectivity index (χ1v) is 5.60. The summed E-state index contributed by atoms with van der Waals surface area (Å²) in [4.78, 5) is 11.8. The van der Waals surface area contributed by atoms with Crippen molar-refractivity contribution in [2.45, 2.75) is 10.7 Å². The molecule has 2 rings (SSSR count). The van der Waals surface area contributed by atoms with Crippen LogP contribution in [0.5, 0.6) is 0 Å². The molecule has 0 saturated heterocycles. The van der Waals surface area contributed by atoms with E-state index in [0.717, 1.165) is 6.07 Å². The number of thioether (sulfide) groups is 1. The minimum atomic E-state index is -2.65. The van der Waals surface area contributed by atoms with Crippen LogP contribution in [0.1, 0.15) is 0 Å². The Morgan fingerprint density at radius 3 is 2.71 bits per heavy atom. The molecule has 1 aromatic heterocycles. The van der Waals surface area contributed by atoms with Gasteiger partial charge >= 0.3 is 0 Å². The van der Waals surface area contributed by atoms with Crippen LogP contribution in [-0.4, -0.2) is 10.3 Å². The maximum atomic E-state index is 13.0. The maximum absolute atomic E-state index is 13.0. The van der Waals surface area contributed by atoms with Crippen LogP contribution in [0.15, 0.2) is 34.1 Å². The fourth-order valence-electron chi connectivity index (χ4n) is 1.61. The number of benzene rings is 1. The summed E-state index contributed by atoms with van der Waals surface area (Å²) in [5, 5.41) is 0.236. The summed E-state index contributed by atoms with van der Waals surface area (Å²) in [6.45, 7) is 0. The van der Waals surface area contributed by atoms with Gasteiger partial charge in [-0.15, -0.1) is 0 Å². The van der Waals surface area contributed by atoms with Crippen LogP contribution in [0, 0.1) is 5.82 Å². The van der Waals surface area contributed by atoms with E-state index in [1.807, 2.05) is 0 Å². The third kappa shape index (κ3) is 2.31. The highest BCUT2D eigenvalue weighted by atomic mass is 32.2. The van der Waals surface area contributed by atoms with E-state index in [4.69, 9.17) is 0 Å². The number of pyridine rings is 1. The number of aryl methyl sites for hydroxylation is 1. The molecule has 0 saturated carbocycles. The molecule has 2 nitrogen and oxygen atoms in total. The number of halogens is 3. The van der Waals surface area contributed by atoms with Gasteiger partial charge in [0.05, 0.1) is 10.4 Å². The molecule has 2 aromatic rings. The van der Waals surface area contributed by atoms with Crippen LogP contribution >= 0.6 is 11.8 Å².